The third-order valence-corrected chi connectivity index (χ3v) is 5.81. The second kappa shape index (κ2) is 9.77. The van der Waals surface area contributed by atoms with Crippen LogP contribution in [0.2, 0.25) is 0 Å². The molecular weight excluding hydrogens is 390 g/mol. The summed E-state index contributed by atoms with van der Waals surface area (Å²) in [4.78, 5) is 40.3. The lowest BCUT2D eigenvalue weighted by atomic mass is 9.93. The zero-order chi connectivity index (χ0) is 21.7. The molecular formula is C21H29N3O6. The van der Waals surface area contributed by atoms with Gasteiger partial charge in [0.25, 0.3) is 11.6 Å². The quantitative estimate of drug-likeness (QED) is 0.519. The van der Waals surface area contributed by atoms with E-state index in [1.54, 1.807) is 11.8 Å². The van der Waals surface area contributed by atoms with E-state index in [2.05, 4.69) is 0 Å². The number of benzene rings is 1. The van der Waals surface area contributed by atoms with Crippen molar-refractivity contribution in [2.45, 2.75) is 39.0 Å². The average molecular weight is 419 g/mol. The minimum absolute atomic E-state index is 0.0231. The van der Waals surface area contributed by atoms with Crippen LogP contribution in [0.4, 0.5) is 5.69 Å². The number of carbonyl (C=O) groups excluding carboxylic acids is 2. The highest BCUT2D eigenvalue weighted by Gasteiger charge is 2.33. The van der Waals surface area contributed by atoms with Gasteiger partial charge in [0.05, 0.1) is 24.7 Å². The normalized spacial score (nSPS) is 17.5. The second-order valence-corrected chi connectivity index (χ2v) is 7.66. The van der Waals surface area contributed by atoms with Crippen molar-refractivity contribution in [1.82, 2.24) is 9.80 Å². The largest absolute Gasteiger partial charge is 0.493 e. The van der Waals surface area contributed by atoms with Gasteiger partial charge in [-0.25, -0.2) is 0 Å². The number of methoxy groups -OCH3 is 1. The van der Waals surface area contributed by atoms with Crippen molar-refractivity contribution in [2.24, 2.45) is 5.92 Å². The van der Waals surface area contributed by atoms with Crippen molar-refractivity contribution in [3.05, 3.63) is 27.8 Å². The topological polar surface area (TPSA) is 102 Å². The molecule has 0 atom stereocenters. The molecule has 1 aromatic carbocycles. The molecule has 9 heteroatoms. The summed E-state index contributed by atoms with van der Waals surface area (Å²) in [5.41, 5.74) is -0.336. The minimum atomic E-state index is -0.585. The molecule has 0 radical (unpaired) electrons. The van der Waals surface area contributed by atoms with Crippen molar-refractivity contribution < 1.29 is 24.0 Å². The monoisotopic (exact) mass is 419 g/mol. The molecule has 3 rings (SSSR count). The maximum absolute atomic E-state index is 13.1. The fourth-order valence-electron chi connectivity index (χ4n) is 4.17. The van der Waals surface area contributed by atoms with Gasteiger partial charge in [-0.2, -0.15) is 0 Å². The van der Waals surface area contributed by atoms with Crippen LogP contribution in [0.25, 0.3) is 0 Å². The number of carbonyl (C=O) groups is 2. The summed E-state index contributed by atoms with van der Waals surface area (Å²) < 4.78 is 10.7. The number of rotatable bonds is 6. The van der Waals surface area contributed by atoms with Gasteiger partial charge < -0.3 is 19.3 Å². The third-order valence-electron chi connectivity index (χ3n) is 5.81. The first-order chi connectivity index (χ1) is 14.5. The van der Waals surface area contributed by atoms with E-state index >= 15 is 0 Å². The van der Waals surface area contributed by atoms with Gasteiger partial charge in [-0.3, -0.25) is 19.7 Å². The Balaban J connectivity index is 1.73. The van der Waals surface area contributed by atoms with Crippen LogP contribution < -0.4 is 9.47 Å². The lowest BCUT2D eigenvalue weighted by Crippen LogP contribution is -2.45. The fourth-order valence-corrected chi connectivity index (χ4v) is 4.17. The molecule has 2 aliphatic rings. The van der Waals surface area contributed by atoms with Gasteiger partial charge >= 0.3 is 0 Å². The van der Waals surface area contributed by atoms with Gasteiger partial charge in [0.15, 0.2) is 11.5 Å². The highest BCUT2D eigenvalue weighted by molar-refractivity contribution is 5.99. The molecule has 0 saturated carbocycles. The number of nitrogens with zero attached hydrogens (tertiary/aromatic N) is 3. The van der Waals surface area contributed by atoms with Gasteiger partial charge in [0.2, 0.25) is 5.91 Å². The van der Waals surface area contributed by atoms with Crippen molar-refractivity contribution in [3.63, 3.8) is 0 Å². The molecule has 2 amide bonds. The molecule has 2 saturated heterocycles. The van der Waals surface area contributed by atoms with Crippen molar-refractivity contribution in [2.75, 3.05) is 39.9 Å². The number of likely N-dealkylation sites (tertiary alicyclic amines) is 2. The summed E-state index contributed by atoms with van der Waals surface area (Å²) >= 11 is 0. The summed E-state index contributed by atoms with van der Waals surface area (Å²) in [6, 6.07) is 2.61. The molecule has 2 heterocycles. The van der Waals surface area contributed by atoms with Crippen LogP contribution in [-0.2, 0) is 4.79 Å². The molecule has 0 aromatic heterocycles. The highest BCUT2D eigenvalue weighted by Crippen LogP contribution is 2.36. The minimum Gasteiger partial charge on any atom is -0.493 e. The molecule has 0 bridgehead atoms. The lowest BCUT2D eigenvalue weighted by molar-refractivity contribution is -0.385. The first-order valence-electron chi connectivity index (χ1n) is 10.5. The van der Waals surface area contributed by atoms with E-state index in [0.29, 0.717) is 38.3 Å². The number of nitro benzene ring substituents is 1. The van der Waals surface area contributed by atoms with Crippen LogP contribution in [0.3, 0.4) is 0 Å². The van der Waals surface area contributed by atoms with Gasteiger partial charge in [0, 0.05) is 38.2 Å². The third kappa shape index (κ3) is 4.66. The van der Waals surface area contributed by atoms with E-state index in [4.69, 9.17) is 9.47 Å². The first-order valence-corrected chi connectivity index (χ1v) is 10.5. The molecule has 0 spiro atoms. The summed E-state index contributed by atoms with van der Waals surface area (Å²) in [6.45, 7) is 4.55. The molecule has 1 aromatic rings. The van der Waals surface area contributed by atoms with Gasteiger partial charge in [-0.1, -0.05) is 0 Å². The maximum Gasteiger partial charge on any atom is 0.286 e. The van der Waals surface area contributed by atoms with Crippen LogP contribution in [0.1, 0.15) is 49.4 Å². The van der Waals surface area contributed by atoms with E-state index in [1.165, 1.54) is 25.7 Å². The number of nitro groups is 1. The van der Waals surface area contributed by atoms with Gasteiger partial charge in [-0.05, 0) is 39.0 Å². The Hall–Kier alpha value is -2.84. The SMILES string of the molecule is CCOc1cc(C(=O)N2CCC(C(=O)N3CCCCC3)CC2)c([N+](=O)[O-])cc1OC. The molecule has 0 aliphatic carbocycles. The molecule has 9 nitrogen and oxygen atoms in total. The fraction of sp³-hybridized carbons (Fsp3) is 0.619. The lowest BCUT2D eigenvalue weighted by Gasteiger charge is -2.35. The van der Waals surface area contributed by atoms with Crippen LogP contribution >= 0.6 is 0 Å². The van der Waals surface area contributed by atoms with E-state index in [1.807, 2.05) is 4.90 Å². The van der Waals surface area contributed by atoms with Crippen LogP contribution in [0, 0.1) is 16.0 Å². The molecule has 2 fully saturated rings. The molecule has 0 N–H and O–H groups in total. The van der Waals surface area contributed by atoms with E-state index < -0.39 is 10.8 Å². The van der Waals surface area contributed by atoms with Crippen molar-refractivity contribution >= 4 is 17.5 Å². The second-order valence-electron chi connectivity index (χ2n) is 7.66. The summed E-state index contributed by atoms with van der Waals surface area (Å²) in [5.74, 6) is 0.178. The average Bonchev–Trinajstić information content (AvgIpc) is 2.78. The zero-order valence-electron chi connectivity index (χ0n) is 17.6. The Morgan fingerprint density at radius 1 is 1.07 bits per heavy atom. The molecule has 2 aliphatic heterocycles. The summed E-state index contributed by atoms with van der Waals surface area (Å²) in [5, 5.41) is 11.6. The maximum atomic E-state index is 13.1. The van der Waals surface area contributed by atoms with E-state index in [0.717, 1.165) is 25.9 Å². The number of hydrogen-bond acceptors (Lipinski definition) is 6. The number of ether oxygens (including phenoxy) is 2. The molecule has 0 unspecified atom stereocenters. The Kier molecular flexibility index (Phi) is 7.12. The zero-order valence-corrected chi connectivity index (χ0v) is 17.6. The Morgan fingerprint density at radius 2 is 1.73 bits per heavy atom. The summed E-state index contributed by atoms with van der Waals surface area (Å²) in [7, 11) is 1.40. The van der Waals surface area contributed by atoms with Crippen LogP contribution in [-0.4, -0.2) is 66.4 Å². The van der Waals surface area contributed by atoms with E-state index in [-0.39, 0.29) is 28.8 Å². The Labute approximate surface area is 176 Å². The molecule has 164 valence electrons. The van der Waals surface area contributed by atoms with Crippen molar-refractivity contribution in [3.8, 4) is 11.5 Å². The highest BCUT2D eigenvalue weighted by atomic mass is 16.6. The van der Waals surface area contributed by atoms with Gasteiger partial charge in [0.1, 0.15) is 5.56 Å². The Bertz CT molecular complexity index is 798. The smallest absolute Gasteiger partial charge is 0.286 e. The first kappa shape index (κ1) is 21.9. The number of piperidine rings is 2. The van der Waals surface area contributed by atoms with Crippen LogP contribution in [0.15, 0.2) is 12.1 Å². The number of hydrogen-bond donors (Lipinski definition) is 0. The predicted octanol–water partition coefficient (Wildman–Crippen LogP) is 2.87. The summed E-state index contributed by atoms with van der Waals surface area (Å²) in [6.07, 6.45) is 4.41. The molecule has 30 heavy (non-hydrogen) atoms. The number of amides is 2. The predicted molar refractivity (Wildman–Crippen MR) is 110 cm³/mol. The van der Waals surface area contributed by atoms with E-state index in [9.17, 15) is 19.7 Å². The standard InChI is InChI=1S/C21H29N3O6/c1-3-30-19-13-16(17(24(27)28)14-18(19)29-2)21(26)23-11-7-15(8-12-23)20(25)22-9-5-4-6-10-22/h13-15H,3-12H2,1-2H3. The van der Waals surface area contributed by atoms with Crippen molar-refractivity contribution in [1.29, 1.82) is 0 Å². The van der Waals surface area contributed by atoms with Gasteiger partial charge in [-0.15, -0.1) is 0 Å². The van der Waals surface area contributed by atoms with Crippen LogP contribution in [0.5, 0.6) is 11.5 Å². The Morgan fingerprint density at radius 3 is 2.30 bits per heavy atom.